The molecule has 2 fully saturated rings. The van der Waals surface area contributed by atoms with Gasteiger partial charge in [-0.25, -0.2) is 0 Å². The fraction of sp³-hybridized carbons (Fsp3) is 0.435. The molecular weight excluding hydrogens is 380 g/mol. The van der Waals surface area contributed by atoms with Gasteiger partial charge in [0.1, 0.15) is 6.04 Å². The van der Waals surface area contributed by atoms with E-state index in [4.69, 9.17) is 4.74 Å². The van der Waals surface area contributed by atoms with Crippen molar-refractivity contribution < 1.29 is 14.3 Å². The monoisotopic (exact) mass is 408 g/mol. The maximum Gasteiger partial charge on any atom is 0.253 e. The average molecular weight is 409 g/mol. The van der Waals surface area contributed by atoms with Gasteiger partial charge in [-0.05, 0) is 55.2 Å². The van der Waals surface area contributed by atoms with Gasteiger partial charge < -0.3 is 15.0 Å². The van der Waals surface area contributed by atoms with E-state index in [1.165, 1.54) is 0 Å². The second kappa shape index (κ2) is 9.36. The largest absolute Gasteiger partial charge is 0.379 e. The molecule has 0 spiro atoms. The molecule has 3 heterocycles. The van der Waals surface area contributed by atoms with Crippen LogP contribution in [0.2, 0.25) is 0 Å². The molecule has 0 bridgehead atoms. The first-order valence-electron chi connectivity index (χ1n) is 10.6. The van der Waals surface area contributed by atoms with E-state index >= 15 is 0 Å². The molecule has 7 heteroatoms. The van der Waals surface area contributed by atoms with Crippen LogP contribution in [0.5, 0.6) is 0 Å². The van der Waals surface area contributed by atoms with Crippen LogP contribution in [0.3, 0.4) is 0 Å². The van der Waals surface area contributed by atoms with Gasteiger partial charge in [-0.15, -0.1) is 0 Å². The van der Waals surface area contributed by atoms with Gasteiger partial charge in [-0.1, -0.05) is 6.07 Å². The van der Waals surface area contributed by atoms with Crippen molar-refractivity contribution >= 4 is 17.5 Å². The number of morpholine rings is 1. The summed E-state index contributed by atoms with van der Waals surface area (Å²) in [4.78, 5) is 34.2. The zero-order valence-electron chi connectivity index (χ0n) is 17.3. The summed E-state index contributed by atoms with van der Waals surface area (Å²) in [7, 11) is 0. The van der Waals surface area contributed by atoms with Crippen LogP contribution in [0, 0.1) is 6.92 Å². The minimum absolute atomic E-state index is 0.0648. The van der Waals surface area contributed by atoms with Crippen LogP contribution < -0.4 is 5.32 Å². The molecule has 1 N–H and O–H groups in total. The third kappa shape index (κ3) is 4.52. The predicted molar refractivity (Wildman–Crippen MR) is 114 cm³/mol. The molecule has 1 unspecified atom stereocenters. The van der Waals surface area contributed by atoms with Crippen molar-refractivity contribution in [2.75, 3.05) is 44.7 Å². The first kappa shape index (κ1) is 20.5. The molecule has 158 valence electrons. The summed E-state index contributed by atoms with van der Waals surface area (Å²) >= 11 is 0. The van der Waals surface area contributed by atoms with Gasteiger partial charge in [-0.3, -0.25) is 19.5 Å². The molecule has 4 rings (SSSR count). The topological polar surface area (TPSA) is 74.8 Å². The minimum Gasteiger partial charge on any atom is -0.379 e. The van der Waals surface area contributed by atoms with Crippen molar-refractivity contribution in [3.05, 3.63) is 59.4 Å². The first-order valence-corrected chi connectivity index (χ1v) is 10.6. The zero-order valence-corrected chi connectivity index (χ0v) is 17.3. The van der Waals surface area contributed by atoms with Crippen LogP contribution in [-0.2, 0) is 9.53 Å². The van der Waals surface area contributed by atoms with Crippen molar-refractivity contribution in [2.45, 2.75) is 25.8 Å². The van der Waals surface area contributed by atoms with Crippen LogP contribution >= 0.6 is 0 Å². The Balaban J connectivity index is 1.52. The van der Waals surface area contributed by atoms with Crippen molar-refractivity contribution in [1.29, 1.82) is 0 Å². The molecule has 2 amide bonds. The molecule has 7 nitrogen and oxygen atoms in total. The third-order valence-electron chi connectivity index (χ3n) is 5.78. The zero-order chi connectivity index (χ0) is 20.9. The Kier molecular flexibility index (Phi) is 6.40. The van der Waals surface area contributed by atoms with Crippen molar-refractivity contribution in [2.24, 2.45) is 0 Å². The normalized spacial score (nSPS) is 18.2. The molecule has 1 aromatic carbocycles. The molecule has 0 saturated carbocycles. The van der Waals surface area contributed by atoms with Crippen molar-refractivity contribution in [1.82, 2.24) is 14.8 Å². The fourth-order valence-electron chi connectivity index (χ4n) is 4.14. The van der Waals surface area contributed by atoms with Gasteiger partial charge in [0.05, 0.1) is 13.2 Å². The average Bonchev–Trinajstić information content (AvgIpc) is 3.31. The van der Waals surface area contributed by atoms with E-state index in [2.05, 4.69) is 15.2 Å². The summed E-state index contributed by atoms with van der Waals surface area (Å²) in [6.07, 6.45) is 5.58. The van der Waals surface area contributed by atoms with E-state index in [1.807, 2.05) is 36.1 Å². The number of anilines is 1. The lowest BCUT2D eigenvalue weighted by atomic mass is 10.0. The van der Waals surface area contributed by atoms with Gasteiger partial charge in [0, 0.05) is 49.8 Å². The van der Waals surface area contributed by atoms with Crippen LogP contribution in [0.25, 0.3) is 0 Å². The summed E-state index contributed by atoms with van der Waals surface area (Å²) in [6, 6.07) is 8.84. The Morgan fingerprint density at radius 1 is 1.10 bits per heavy atom. The molecule has 2 aliphatic rings. The number of hydrogen-bond acceptors (Lipinski definition) is 5. The maximum absolute atomic E-state index is 13.3. The van der Waals surface area contributed by atoms with Crippen LogP contribution in [0.4, 0.5) is 5.69 Å². The second-order valence-corrected chi connectivity index (χ2v) is 7.86. The van der Waals surface area contributed by atoms with E-state index in [9.17, 15) is 9.59 Å². The molecule has 0 aliphatic carbocycles. The lowest BCUT2D eigenvalue weighted by Crippen LogP contribution is -2.44. The molecule has 0 radical (unpaired) electrons. The quantitative estimate of drug-likeness (QED) is 0.823. The third-order valence-corrected chi connectivity index (χ3v) is 5.78. The van der Waals surface area contributed by atoms with Crippen molar-refractivity contribution in [3.8, 4) is 0 Å². The molecule has 1 aromatic heterocycles. The molecule has 1 atom stereocenters. The Labute approximate surface area is 177 Å². The predicted octanol–water partition coefficient (Wildman–Crippen LogP) is 2.64. The Morgan fingerprint density at radius 3 is 2.53 bits per heavy atom. The van der Waals surface area contributed by atoms with Gasteiger partial charge in [0.15, 0.2) is 0 Å². The Morgan fingerprint density at radius 2 is 1.87 bits per heavy atom. The molecule has 2 aliphatic heterocycles. The number of carbonyl (C=O) groups is 2. The molecule has 2 saturated heterocycles. The number of nitrogens with zero attached hydrogens (tertiary/aromatic N) is 3. The summed E-state index contributed by atoms with van der Waals surface area (Å²) in [5, 5.41) is 3.07. The van der Waals surface area contributed by atoms with Crippen molar-refractivity contribution in [3.63, 3.8) is 0 Å². The molecular formula is C23H28N4O3. The van der Waals surface area contributed by atoms with Gasteiger partial charge in [0.2, 0.25) is 5.91 Å². The summed E-state index contributed by atoms with van der Waals surface area (Å²) in [5.41, 5.74) is 3.13. The summed E-state index contributed by atoms with van der Waals surface area (Å²) in [6.45, 7) is 6.16. The highest BCUT2D eigenvalue weighted by Crippen LogP contribution is 2.25. The number of pyridine rings is 1. The number of hydrogen-bond donors (Lipinski definition) is 1. The number of amides is 2. The number of ether oxygens (including phenoxy) is 1. The van der Waals surface area contributed by atoms with Gasteiger partial charge in [-0.2, -0.15) is 0 Å². The van der Waals surface area contributed by atoms with Crippen LogP contribution in [0.15, 0.2) is 42.7 Å². The van der Waals surface area contributed by atoms with E-state index in [0.29, 0.717) is 31.9 Å². The SMILES string of the molecule is Cc1cc(C(=O)N2CCCC2)ccc1NC(=O)C(c1cccnc1)N1CCOCC1. The molecule has 30 heavy (non-hydrogen) atoms. The lowest BCUT2D eigenvalue weighted by Gasteiger charge is -2.33. The summed E-state index contributed by atoms with van der Waals surface area (Å²) in [5.74, 6) is -0.0401. The highest BCUT2D eigenvalue weighted by Gasteiger charge is 2.29. The summed E-state index contributed by atoms with van der Waals surface area (Å²) < 4.78 is 5.46. The second-order valence-electron chi connectivity index (χ2n) is 7.86. The number of rotatable bonds is 5. The van der Waals surface area contributed by atoms with Gasteiger partial charge >= 0.3 is 0 Å². The number of likely N-dealkylation sites (tertiary alicyclic amines) is 1. The number of carbonyl (C=O) groups excluding carboxylic acids is 2. The highest BCUT2D eigenvalue weighted by molar-refractivity contribution is 5.98. The minimum atomic E-state index is -0.437. The van der Waals surface area contributed by atoms with E-state index < -0.39 is 6.04 Å². The number of nitrogens with one attached hydrogen (secondary N) is 1. The lowest BCUT2D eigenvalue weighted by molar-refractivity contribution is -0.123. The number of aryl methyl sites for hydroxylation is 1. The standard InChI is InChI=1S/C23H28N4O3/c1-17-15-18(23(29)27-9-2-3-10-27)6-7-20(17)25-22(28)21(19-5-4-8-24-16-19)26-11-13-30-14-12-26/h4-8,15-16,21H,2-3,9-14H2,1H3,(H,25,28). The van der Waals surface area contributed by atoms with E-state index in [1.54, 1.807) is 18.5 Å². The number of aromatic nitrogens is 1. The fourth-order valence-corrected chi connectivity index (χ4v) is 4.14. The van der Waals surface area contributed by atoms with Gasteiger partial charge in [0.25, 0.3) is 5.91 Å². The first-order chi connectivity index (χ1) is 14.6. The Bertz CT molecular complexity index is 891. The van der Waals surface area contributed by atoms with Crippen LogP contribution in [0.1, 0.15) is 40.4 Å². The number of benzene rings is 1. The smallest absolute Gasteiger partial charge is 0.253 e. The Hall–Kier alpha value is -2.77. The van der Waals surface area contributed by atoms with E-state index in [0.717, 1.165) is 42.7 Å². The maximum atomic E-state index is 13.3. The van der Waals surface area contributed by atoms with E-state index in [-0.39, 0.29) is 11.8 Å². The highest BCUT2D eigenvalue weighted by atomic mass is 16.5. The van der Waals surface area contributed by atoms with Crippen LogP contribution in [-0.4, -0.2) is 66.0 Å². The molecule has 2 aromatic rings.